The van der Waals surface area contributed by atoms with E-state index in [0.717, 1.165) is 0 Å². The van der Waals surface area contributed by atoms with Crippen LogP contribution in [-0.2, 0) is 18.9 Å². The molecule has 2 saturated heterocycles. The van der Waals surface area contributed by atoms with E-state index in [4.69, 9.17) is 18.9 Å². The summed E-state index contributed by atoms with van der Waals surface area (Å²) in [6.07, 6.45) is 8.26. The third kappa shape index (κ3) is 0.984. The van der Waals surface area contributed by atoms with Crippen LogP contribution in [0, 0.1) is 11.8 Å². The molecule has 0 bridgehead atoms. The van der Waals surface area contributed by atoms with Gasteiger partial charge in [-0.3, -0.25) is 0 Å². The summed E-state index contributed by atoms with van der Waals surface area (Å²) in [5.74, 6) is -0.735. The summed E-state index contributed by atoms with van der Waals surface area (Å²) in [4.78, 5) is 0. The minimum absolute atomic E-state index is 0.188. The van der Waals surface area contributed by atoms with Gasteiger partial charge in [-0.1, -0.05) is 12.2 Å². The van der Waals surface area contributed by atoms with Gasteiger partial charge in [-0.15, -0.1) is 0 Å². The van der Waals surface area contributed by atoms with Gasteiger partial charge in [0.15, 0.2) is 11.6 Å². The fraction of sp³-hybridized carbons (Fsp3) is 0.667. The quantitative estimate of drug-likeness (QED) is 0.569. The second kappa shape index (κ2) is 2.96. The molecule has 4 heteroatoms. The van der Waals surface area contributed by atoms with Crippen molar-refractivity contribution in [3.8, 4) is 0 Å². The number of rotatable bonds is 0. The predicted octanol–water partition coefficient (Wildman–Crippen LogP) is 0.845. The molecule has 2 spiro atoms. The van der Waals surface area contributed by atoms with E-state index < -0.39 is 11.6 Å². The molecule has 0 radical (unpaired) electrons. The van der Waals surface area contributed by atoms with Gasteiger partial charge in [-0.25, -0.2) is 0 Å². The number of hydrogen-bond acceptors (Lipinski definition) is 4. The molecule has 4 rings (SSSR count). The average molecular weight is 222 g/mol. The first-order valence-electron chi connectivity index (χ1n) is 5.79. The molecule has 86 valence electrons. The minimum Gasteiger partial charge on any atom is -0.343 e. The maximum Gasteiger partial charge on any atom is 0.195 e. The van der Waals surface area contributed by atoms with Gasteiger partial charge in [0.1, 0.15) is 0 Å². The van der Waals surface area contributed by atoms with Crippen LogP contribution >= 0.6 is 0 Å². The van der Waals surface area contributed by atoms with Crippen molar-refractivity contribution in [2.24, 2.45) is 11.8 Å². The van der Waals surface area contributed by atoms with Gasteiger partial charge in [-0.05, 0) is 12.2 Å². The molecule has 4 aliphatic rings. The Labute approximate surface area is 93.8 Å². The fourth-order valence-electron chi connectivity index (χ4n) is 3.17. The van der Waals surface area contributed by atoms with E-state index in [0.29, 0.717) is 26.4 Å². The highest BCUT2D eigenvalue weighted by Gasteiger charge is 2.59. The van der Waals surface area contributed by atoms with Crippen LogP contribution in [-0.4, -0.2) is 38.0 Å². The molecule has 0 N–H and O–H groups in total. The van der Waals surface area contributed by atoms with Crippen LogP contribution in [0.25, 0.3) is 0 Å². The van der Waals surface area contributed by atoms with Crippen molar-refractivity contribution < 1.29 is 18.9 Å². The van der Waals surface area contributed by atoms with Crippen molar-refractivity contribution in [3.63, 3.8) is 0 Å². The zero-order valence-electron chi connectivity index (χ0n) is 8.93. The minimum atomic E-state index is -0.556. The molecule has 2 aliphatic carbocycles. The molecule has 0 unspecified atom stereocenters. The van der Waals surface area contributed by atoms with E-state index in [1.807, 2.05) is 12.2 Å². The smallest absolute Gasteiger partial charge is 0.195 e. The monoisotopic (exact) mass is 222 g/mol. The van der Waals surface area contributed by atoms with Gasteiger partial charge >= 0.3 is 0 Å². The Bertz CT molecular complexity index is 325. The van der Waals surface area contributed by atoms with Crippen LogP contribution in [0.1, 0.15) is 0 Å². The summed E-state index contributed by atoms with van der Waals surface area (Å²) in [5, 5.41) is 0. The van der Waals surface area contributed by atoms with Crippen LogP contribution in [0.3, 0.4) is 0 Å². The van der Waals surface area contributed by atoms with E-state index in [1.165, 1.54) is 0 Å². The summed E-state index contributed by atoms with van der Waals surface area (Å²) in [5.41, 5.74) is 0. The van der Waals surface area contributed by atoms with Gasteiger partial charge in [0, 0.05) is 11.8 Å². The number of hydrogen-bond donors (Lipinski definition) is 0. The molecular formula is C12H14O4. The second-order valence-electron chi connectivity index (χ2n) is 4.61. The van der Waals surface area contributed by atoms with E-state index >= 15 is 0 Å². The fourth-order valence-corrected chi connectivity index (χ4v) is 3.17. The molecule has 0 amide bonds. The van der Waals surface area contributed by atoms with Gasteiger partial charge in [0.25, 0.3) is 0 Å². The molecule has 16 heavy (non-hydrogen) atoms. The van der Waals surface area contributed by atoms with Gasteiger partial charge < -0.3 is 18.9 Å². The molecule has 0 aromatic heterocycles. The zero-order valence-corrected chi connectivity index (χ0v) is 8.93. The highest BCUT2D eigenvalue weighted by Crippen LogP contribution is 2.52. The Morgan fingerprint density at radius 3 is 1.44 bits per heavy atom. The third-order valence-corrected chi connectivity index (χ3v) is 3.87. The van der Waals surface area contributed by atoms with Crippen molar-refractivity contribution in [2.75, 3.05) is 26.4 Å². The maximum absolute atomic E-state index is 5.75. The highest BCUT2D eigenvalue weighted by molar-refractivity contribution is 5.30. The van der Waals surface area contributed by atoms with E-state index in [1.54, 1.807) is 0 Å². The summed E-state index contributed by atoms with van der Waals surface area (Å²) >= 11 is 0. The molecule has 0 saturated carbocycles. The first-order chi connectivity index (χ1) is 7.85. The van der Waals surface area contributed by atoms with Crippen molar-refractivity contribution in [1.82, 2.24) is 0 Å². The topological polar surface area (TPSA) is 36.9 Å². The Balaban J connectivity index is 1.70. The van der Waals surface area contributed by atoms with Crippen LogP contribution < -0.4 is 0 Å². The number of fused-ring (bicyclic) bond motifs is 3. The van der Waals surface area contributed by atoms with Crippen LogP contribution in [0.15, 0.2) is 24.3 Å². The molecular weight excluding hydrogens is 208 g/mol. The standard InChI is InChI=1S/C12H14O4/c1-3-11(13-5-6-14-11)10-2-4-12(9(1)10)15-7-8-16-12/h1-4,9-10H,5-8H2/t9-,10-/m1/s1. The molecule has 4 nitrogen and oxygen atoms in total. The normalized spacial score (nSPS) is 41.5. The Hall–Kier alpha value is -0.680. The lowest BCUT2D eigenvalue weighted by molar-refractivity contribution is -0.185. The van der Waals surface area contributed by atoms with Crippen LogP contribution in [0.5, 0.6) is 0 Å². The summed E-state index contributed by atoms with van der Waals surface area (Å²) < 4.78 is 23.0. The average Bonchev–Trinajstić information content (AvgIpc) is 3.02. The molecule has 0 aromatic rings. The molecule has 2 fully saturated rings. The van der Waals surface area contributed by atoms with Crippen molar-refractivity contribution in [3.05, 3.63) is 24.3 Å². The third-order valence-electron chi connectivity index (χ3n) is 3.87. The summed E-state index contributed by atoms with van der Waals surface area (Å²) in [7, 11) is 0. The Kier molecular flexibility index (Phi) is 1.73. The molecule has 2 atom stereocenters. The van der Waals surface area contributed by atoms with Crippen molar-refractivity contribution in [2.45, 2.75) is 11.6 Å². The first-order valence-corrected chi connectivity index (χ1v) is 5.79. The lowest BCUT2D eigenvalue weighted by atomic mass is 9.92. The zero-order chi connectivity index (χ0) is 10.6. The van der Waals surface area contributed by atoms with Gasteiger partial charge in [0.2, 0.25) is 0 Å². The lowest BCUT2D eigenvalue weighted by Crippen LogP contribution is -2.41. The van der Waals surface area contributed by atoms with Crippen molar-refractivity contribution in [1.29, 1.82) is 0 Å². The van der Waals surface area contributed by atoms with E-state index in [9.17, 15) is 0 Å². The lowest BCUT2D eigenvalue weighted by Gasteiger charge is -2.31. The maximum atomic E-state index is 5.75. The summed E-state index contributed by atoms with van der Waals surface area (Å²) in [6, 6.07) is 0. The SMILES string of the molecule is C1=CC2(OCCO2)[C@@H]2C=CC3(OCCO3)[C@H]12. The highest BCUT2D eigenvalue weighted by atomic mass is 16.7. The predicted molar refractivity (Wildman–Crippen MR) is 54.5 cm³/mol. The van der Waals surface area contributed by atoms with Gasteiger partial charge in [-0.2, -0.15) is 0 Å². The Morgan fingerprint density at radius 2 is 1.06 bits per heavy atom. The molecule has 2 heterocycles. The van der Waals surface area contributed by atoms with Crippen molar-refractivity contribution >= 4 is 0 Å². The number of ether oxygens (including phenoxy) is 4. The van der Waals surface area contributed by atoms with Gasteiger partial charge in [0.05, 0.1) is 26.4 Å². The molecule has 2 aliphatic heterocycles. The summed E-state index contributed by atoms with van der Waals surface area (Å²) in [6.45, 7) is 2.65. The second-order valence-corrected chi connectivity index (χ2v) is 4.61. The van der Waals surface area contributed by atoms with E-state index in [2.05, 4.69) is 12.2 Å². The Morgan fingerprint density at radius 1 is 0.688 bits per heavy atom. The largest absolute Gasteiger partial charge is 0.343 e. The molecule has 0 aromatic carbocycles. The van der Waals surface area contributed by atoms with Crippen LogP contribution in [0.4, 0.5) is 0 Å². The van der Waals surface area contributed by atoms with E-state index in [-0.39, 0.29) is 11.8 Å². The van der Waals surface area contributed by atoms with Crippen LogP contribution in [0.2, 0.25) is 0 Å². The first kappa shape index (κ1) is 9.36.